The molecule has 13 heavy (non-hydrogen) atoms. The molecule has 0 aliphatic carbocycles. The number of ether oxygens (including phenoxy) is 1. The minimum atomic E-state index is -2.62. The molecular weight excluding hydrogens is 178 g/mol. The van der Waals surface area contributed by atoms with Gasteiger partial charge in [-0.1, -0.05) is 0 Å². The molecule has 0 spiro atoms. The number of halogens is 2. The summed E-state index contributed by atoms with van der Waals surface area (Å²) in [4.78, 5) is 7.37. The standard InChI is InChI=1S/C8H9F2N2O/c1-5(13-2)8-11-4-3-6(12-8)7(9)10/h4-5,7H,1-2H3. The molecule has 0 aliphatic rings. The van der Waals surface area contributed by atoms with E-state index in [-0.39, 0.29) is 11.9 Å². The van der Waals surface area contributed by atoms with Crippen molar-refractivity contribution in [3.63, 3.8) is 0 Å². The first kappa shape index (κ1) is 9.98. The van der Waals surface area contributed by atoms with E-state index in [0.717, 1.165) is 0 Å². The molecule has 0 bridgehead atoms. The molecule has 1 atom stereocenters. The van der Waals surface area contributed by atoms with E-state index in [4.69, 9.17) is 4.74 Å². The fourth-order valence-electron chi connectivity index (χ4n) is 0.762. The summed E-state index contributed by atoms with van der Waals surface area (Å²) in [6.45, 7) is 1.69. The molecule has 1 rings (SSSR count). The van der Waals surface area contributed by atoms with Crippen molar-refractivity contribution in [1.82, 2.24) is 9.97 Å². The first-order valence-electron chi connectivity index (χ1n) is 3.70. The maximum Gasteiger partial charge on any atom is 0.281 e. The zero-order chi connectivity index (χ0) is 9.84. The normalized spacial score (nSPS) is 13.3. The van der Waals surface area contributed by atoms with Crippen LogP contribution < -0.4 is 0 Å². The Bertz CT molecular complexity index is 281. The average Bonchev–Trinajstić information content (AvgIpc) is 2.17. The third-order valence-corrected chi connectivity index (χ3v) is 1.57. The molecule has 1 heterocycles. The second kappa shape index (κ2) is 4.23. The van der Waals surface area contributed by atoms with Crippen molar-refractivity contribution in [3.8, 4) is 0 Å². The monoisotopic (exact) mass is 187 g/mol. The molecule has 0 saturated carbocycles. The molecule has 0 aliphatic heterocycles. The molecular formula is C8H9F2N2O. The molecule has 1 aromatic rings. The highest BCUT2D eigenvalue weighted by molar-refractivity contribution is 5.03. The van der Waals surface area contributed by atoms with Crippen LogP contribution in [0.3, 0.4) is 0 Å². The molecule has 71 valence electrons. The molecule has 0 amide bonds. The van der Waals surface area contributed by atoms with Crippen molar-refractivity contribution in [3.05, 3.63) is 23.8 Å². The summed E-state index contributed by atoms with van der Waals surface area (Å²) in [6, 6.07) is 2.26. The van der Waals surface area contributed by atoms with E-state index >= 15 is 0 Å². The van der Waals surface area contributed by atoms with Crippen LogP contribution in [0.5, 0.6) is 0 Å². The molecule has 0 aromatic carbocycles. The lowest BCUT2D eigenvalue weighted by Gasteiger charge is -2.07. The van der Waals surface area contributed by atoms with Crippen molar-refractivity contribution in [1.29, 1.82) is 0 Å². The van der Waals surface area contributed by atoms with Gasteiger partial charge in [0.25, 0.3) is 6.43 Å². The van der Waals surface area contributed by atoms with Gasteiger partial charge >= 0.3 is 0 Å². The van der Waals surface area contributed by atoms with Crippen LogP contribution in [0, 0.1) is 6.07 Å². The number of hydrogen-bond acceptors (Lipinski definition) is 3. The SMILES string of the molecule is COC(C)c1nc[c]c(C(F)F)n1. The van der Waals surface area contributed by atoms with Gasteiger partial charge in [-0.15, -0.1) is 0 Å². The quantitative estimate of drug-likeness (QED) is 0.725. The van der Waals surface area contributed by atoms with E-state index in [9.17, 15) is 8.78 Å². The lowest BCUT2D eigenvalue weighted by Crippen LogP contribution is -2.05. The molecule has 5 heteroatoms. The van der Waals surface area contributed by atoms with Crippen LogP contribution in [0.4, 0.5) is 8.78 Å². The third-order valence-electron chi connectivity index (χ3n) is 1.57. The molecule has 0 N–H and O–H groups in total. The predicted molar refractivity (Wildman–Crippen MR) is 41.2 cm³/mol. The Morgan fingerprint density at radius 3 is 2.77 bits per heavy atom. The van der Waals surface area contributed by atoms with E-state index in [0.29, 0.717) is 0 Å². The van der Waals surface area contributed by atoms with Gasteiger partial charge in [0.2, 0.25) is 0 Å². The van der Waals surface area contributed by atoms with E-state index in [1.807, 2.05) is 0 Å². The number of hydrogen-bond donors (Lipinski definition) is 0. The van der Waals surface area contributed by atoms with Crippen molar-refractivity contribution >= 4 is 0 Å². The second-order valence-corrected chi connectivity index (χ2v) is 2.44. The second-order valence-electron chi connectivity index (χ2n) is 2.44. The Hall–Kier alpha value is -1.10. The highest BCUT2D eigenvalue weighted by atomic mass is 19.3. The minimum absolute atomic E-state index is 0.247. The maximum atomic E-state index is 12.2. The van der Waals surface area contributed by atoms with Gasteiger partial charge in [0.15, 0.2) is 5.82 Å². The first-order valence-corrected chi connectivity index (χ1v) is 3.70. The fourth-order valence-corrected chi connectivity index (χ4v) is 0.762. The Balaban J connectivity index is 2.91. The molecule has 1 unspecified atom stereocenters. The van der Waals surface area contributed by atoms with Crippen LogP contribution in [-0.4, -0.2) is 17.1 Å². The summed E-state index contributed by atoms with van der Waals surface area (Å²) in [5.41, 5.74) is -0.395. The Morgan fingerprint density at radius 1 is 1.54 bits per heavy atom. The van der Waals surface area contributed by atoms with Gasteiger partial charge in [0.1, 0.15) is 11.8 Å². The summed E-state index contributed by atoms with van der Waals surface area (Å²) >= 11 is 0. The summed E-state index contributed by atoms with van der Waals surface area (Å²) in [7, 11) is 1.47. The highest BCUT2D eigenvalue weighted by Crippen LogP contribution is 2.17. The lowest BCUT2D eigenvalue weighted by atomic mass is 10.3. The van der Waals surface area contributed by atoms with Gasteiger partial charge in [0, 0.05) is 19.4 Å². The average molecular weight is 187 g/mol. The van der Waals surface area contributed by atoms with Crippen molar-refractivity contribution < 1.29 is 13.5 Å². The maximum absolute atomic E-state index is 12.2. The summed E-state index contributed by atoms with van der Waals surface area (Å²) in [5, 5.41) is 0. The summed E-state index contributed by atoms with van der Waals surface area (Å²) < 4.78 is 29.2. The zero-order valence-electron chi connectivity index (χ0n) is 7.29. The zero-order valence-corrected chi connectivity index (χ0v) is 7.29. The summed E-state index contributed by atoms with van der Waals surface area (Å²) in [6.07, 6.45) is -1.82. The first-order chi connectivity index (χ1) is 6.15. The number of alkyl halides is 2. The number of methoxy groups -OCH3 is 1. The van der Waals surface area contributed by atoms with E-state index in [1.165, 1.54) is 13.3 Å². The van der Waals surface area contributed by atoms with Crippen molar-refractivity contribution in [2.24, 2.45) is 0 Å². The molecule has 3 nitrogen and oxygen atoms in total. The lowest BCUT2D eigenvalue weighted by molar-refractivity contribution is 0.108. The van der Waals surface area contributed by atoms with Gasteiger partial charge in [-0.05, 0) is 6.92 Å². The van der Waals surface area contributed by atoms with E-state index < -0.39 is 12.1 Å². The van der Waals surface area contributed by atoms with Crippen LogP contribution in [0.25, 0.3) is 0 Å². The highest BCUT2D eigenvalue weighted by Gasteiger charge is 2.13. The number of aromatic nitrogens is 2. The largest absolute Gasteiger partial charge is 0.374 e. The van der Waals surface area contributed by atoms with Gasteiger partial charge in [0.05, 0.1) is 0 Å². The molecule has 1 aromatic heterocycles. The molecule has 0 fully saturated rings. The smallest absolute Gasteiger partial charge is 0.281 e. The van der Waals surface area contributed by atoms with Gasteiger partial charge < -0.3 is 4.74 Å². The van der Waals surface area contributed by atoms with Crippen LogP contribution in [-0.2, 0) is 4.74 Å². The van der Waals surface area contributed by atoms with Gasteiger partial charge in [-0.3, -0.25) is 0 Å². The van der Waals surface area contributed by atoms with Crippen molar-refractivity contribution in [2.45, 2.75) is 19.5 Å². The Kier molecular flexibility index (Phi) is 3.25. The number of nitrogens with zero attached hydrogens (tertiary/aromatic N) is 2. The van der Waals surface area contributed by atoms with Crippen LogP contribution in [0.2, 0.25) is 0 Å². The van der Waals surface area contributed by atoms with Crippen LogP contribution in [0.1, 0.15) is 31.0 Å². The Labute approximate surface area is 74.8 Å². The molecule has 0 saturated heterocycles. The van der Waals surface area contributed by atoms with Gasteiger partial charge in [-0.2, -0.15) is 0 Å². The van der Waals surface area contributed by atoms with E-state index in [2.05, 4.69) is 16.0 Å². The topological polar surface area (TPSA) is 35.0 Å². The number of rotatable bonds is 3. The van der Waals surface area contributed by atoms with Gasteiger partial charge in [-0.25, -0.2) is 18.7 Å². The fraction of sp³-hybridized carbons (Fsp3) is 0.500. The predicted octanol–water partition coefficient (Wildman–Crippen LogP) is 1.92. The third kappa shape index (κ3) is 2.42. The van der Waals surface area contributed by atoms with E-state index in [1.54, 1.807) is 6.92 Å². The van der Waals surface area contributed by atoms with Crippen molar-refractivity contribution in [2.75, 3.05) is 7.11 Å². The minimum Gasteiger partial charge on any atom is -0.374 e. The van der Waals surface area contributed by atoms with Crippen LogP contribution in [0.15, 0.2) is 6.20 Å². The van der Waals surface area contributed by atoms with Crippen LogP contribution >= 0.6 is 0 Å². The molecule has 1 radical (unpaired) electrons. The summed E-state index contributed by atoms with van der Waals surface area (Å²) in [5.74, 6) is 0.247. The Morgan fingerprint density at radius 2 is 2.23 bits per heavy atom.